The van der Waals surface area contributed by atoms with Crippen LogP contribution in [0.15, 0.2) is 37.4 Å². The monoisotopic (exact) mass is 320 g/mol. The number of halogens is 3. The SMILES string of the molecule is C=CC[NH+](CC=C)CCOc1c(Cl)cc(Cl)cc1Cl. The van der Waals surface area contributed by atoms with Crippen LogP contribution in [0.3, 0.4) is 0 Å². The largest absolute Gasteiger partial charge is 0.485 e. The summed E-state index contributed by atoms with van der Waals surface area (Å²) in [6.45, 7) is 10.5. The molecular formula is C14H17Cl3NO+. The third kappa shape index (κ3) is 5.45. The van der Waals surface area contributed by atoms with E-state index in [1.54, 1.807) is 12.1 Å². The van der Waals surface area contributed by atoms with E-state index in [1.807, 2.05) is 12.2 Å². The summed E-state index contributed by atoms with van der Waals surface area (Å²) in [5.74, 6) is 0.476. The minimum Gasteiger partial charge on any atom is -0.485 e. The summed E-state index contributed by atoms with van der Waals surface area (Å²) in [7, 11) is 0. The average molecular weight is 322 g/mol. The van der Waals surface area contributed by atoms with Crippen LogP contribution in [0.4, 0.5) is 0 Å². The lowest BCUT2D eigenvalue weighted by molar-refractivity contribution is -0.888. The van der Waals surface area contributed by atoms with Crippen molar-refractivity contribution in [2.45, 2.75) is 0 Å². The number of ether oxygens (including phenoxy) is 1. The van der Waals surface area contributed by atoms with E-state index in [-0.39, 0.29) is 0 Å². The number of nitrogens with one attached hydrogen (secondary N) is 1. The van der Waals surface area contributed by atoms with Crippen LogP contribution in [-0.2, 0) is 0 Å². The van der Waals surface area contributed by atoms with Crippen molar-refractivity contribution in [1.29, 1.82) is 0 Å². The van der Waals surface area contributed by atoms with E-state index in [9.17, 15) is 0 Å². The molecule has 1 rings (SSSR count). The molecule has 104 valence electrons. The van der Waals surface area contributed by atoms with E-state index in [2.05, 4.69) is 13.2 Å². The van der Waals surface area contributed by atoms with Crippen molar-refractivity contribution >= 4 is 34.8 Å². The molecule has 1 aromatic carbocycles. The summed E-state index contributed by atoms with van der Waals surface area (Å²) in [5, 5.41) is 1.34. The molecule has 0 spiro atoms. The molecule has 0 amide bonds. The molecule has 0 atom stereocenters. The van der Waals surface area contributed by atoms with Crippen LogP contribution in [0.5, 0.6) is 5.75 Å². The number of benzene rings is 1. The van der Waals surface area contributed by atoms with E-state index < -0.39 is 0 Å². The molecule has 0 fully saturated rings. The molecular weight excluding hydrogens is 305 g/mol. The van der Waals surface area contributed by atoms with Gasteiger partial charge in [-0.1, -0.05) is 48.0 Å². The van der Waals surface area contributed by atoms with Gasteiger partial charge < -0.3 is 9.64 Å². The van der Waals surface area contributed by atoms with E-state index in [1.165, 1.54) is 4.90 Å². The molecule has 0 bridgehead atoms. The Hall–Kier alpha value is -0.670. The Bertz CT molecular complexity index is 415. The van der Waals surface area contributed by atoms with Gasteiger partial charge in [-0.15, -0.1) is 0 Å². The second-order valence-corrected chi connectivity index (χ2v) is 5.28. The Balaban J connectivity index is 2.57. The zero-order valence-electron chi connectivity index (χ0n) is 10.6. The van der Waals surface area contributed by atoms with Crippen molar-refractivity contribution in [1.82, 2.24) is 0 Å². The van der Waals surface area contributed by atoms with Gasteiger partial charge in [-0.2, -0.15) is 0 Å². The lowest BCUT2D eigenvalue weighted by atomic mass is 10.3. The van der Waals surface area contributed by atoms with Gasteiger partial charge in [0.05, 0.1) is 23.1 Å². The van der Waals surface area contributed by atoms with E-state index >= 15 is 0 Å². The smallest absolute Gasteiger partial charge is 0.156 e. The number of rotatable bonds is 8. The maximum Gasteiger partial charge on any atom is 0.156 e. The predicted octanol–water partition coefficient (Wildman–Crippen LogP) is 3.28. The molecule has 1 aromatic rings. The van der Waals surface area contributed by atoms with Gasteiger partial charge in [-0.05, 0) is 24.3 Å². The van der Waals surface area contributed by atoms with Gasteiger partial charge in [0.15, 0.2) is 5.75 Å². The second kappa shape index (κ2) is 8.49. The zero-order chi connectivity index (χ0) is 14.3. The first-order chi connectivity index (χ1) is 9.08. The summed E-state index contributed by atoms with van der Waals surface area (Å²) in [5.41, 5.74) is 0. The number of hydrogen-bond acceptors (Lipinski definition) is 1. The van der Waals surface area contributed by atoms with Crippen LogP contribution < -0.4 is 9.64 Å². The zero-order valence-corrected chi connectivity index (χ0v) is 12.9. The predicted molar refractivity (Wildman–Crippen MR) is 82.9 cm³/mol. The van der Waals surface area contributed by atoms with E-state index in [0.29, 0.717) is 27.4 Å². The van der Waals surface area contributed by atoms with Crippen LogP contribution in [0.2, 0.25) is 15.1 Å². The molecule has 0 unspecified atom stereocenters. The normalized spacial score (nSPS) is 10.5. The molecule has 0 radical (unpaired) electrons. The summed E-state index contributed by atoms with van der Waals surface area (Å²) in [6.07, 6.45) is 3.75. The van der Waals surface area contributed by atoms with Crippen LogP contribution in [0, 0.1) is 0 Å². The van der Waals surface area contributed by atoms with Gasteiger partial charge in [0.2, 0.25) is 0 Å². The van der Waals surface area contributed by atoms with Gasteiger partial charge in [0.25, 0.3) is 0 Å². The number of hydrogen-bond donors (Lipinski definition) is 1. The van der Waals surface area contributed by atoms with Crippen LogP contribution in [0.25, 0.3) is 0 Å². The third-order valence-electron chi connectivity index (χ3n) is 2.53. The Morgan fingerprint density at radius 3 is 2.05 bits per heavy atom. The van der Waals surface area contributed by atoms with Gasteiger partial charge in [-0.25, -0.2) is 0 Å². The average Bonchev–Trinajstić information content (AvgIpc) is 2.32. The summed E-state index contributed by atoms with van der Waals surface area (Å²) in [6, 6.07) is 3.23. The molecule has 0 aliphatic carbocycles. The van der Waals surface area contributed by atoms with Crippen LogP contribution in [0.1, 0.15) is 0 Å². The maximum absolute atomic E-state index is 6.04. The first kappa shape index (κ1) is 16.4. The molecule has 0 aliphatic rings. The van der Waals surface area contributed by atoms with Gasteiger partial charge >= 0.3 is 0 Å². The highest BCUT2D eigenvalue weighted by Crippen LogP contribution is 2.35. The molecule has 0 aromatic heterocycles. The van der Waals surface area contributed by atoms with Crippen molar-refractivity contribution in [3.8, 4) is 5.75 Å². The summed E-state index contributed by atoms with van der Waals surface area (Å²) < 4.78 is 5.63. The fraction of sp³-hybridized carbons (Fsp3) is 0.286. The highest BCUT2D eigenvalue weighted by Gasteiger charge is 2.11. The molecule has 5 heteroatoms. The van der Waals surface area contributed by atoms with Crippen molar-refractivity contribution in [3.63, 3.8) is 0 Å². The first-order valence-electron chi connectivity index (χ1n) is 5.91. The minimum atomic E-state index is 0.423. The Morgan fingerprint density at radius 2 is 1.58 bits per heavy atom. The van der Waals surface area contributed by atoms with E-state index in [4.69, 9.17) is 39.5 Å². The van der Waals surface area contributed by atoms with Crippen molar-refractivity contribution in [3.05, 3.63) is 52.5 Å². The Kier molecular flexibility index (Phi) is 7.32. The summed E-state index contributed by atoms with van der Waals surface area (Å²) in [4.78, 5) is 1.31. The molecule has 0 heterocycles. The van der Waals surface area contributed by atoms with Crippen molar-refractivity contribution in [2.24, 2.45) is 0 Å². The van der Waals surface area contributed by atoms with Gasteiger partial charge in [0.1, 0.15) is 13.2 Å². The molecule has 2 nitrogen and oxygen atoms in total. The fourth-order valence-electron chi connectivity index (χ4n) is 1.66. The molecule has 0 aliphatic heterocycles. The highest BCUT2D eigenvalue weighted by atomic mass is 35.5. The second-order valence-electron chi connectivity index (χ2n) is 4.03. The standard InChI is InChI=1S/C14H16Cl3NO/c1-3-5-18(6-4-2)7-8-19-14-12(16)9-11(15)10-13(14)17/h3-4,9-10H,1-2,5-8H2/p+1. The third-order valence-corrected chi connectivity index (χ3v) is 3.31. The van der Waals surface area contributed by atoms with Crippen LogP contribution in [-0.4, -0.2) is 26.2 Å². The molecule has 0 saturated heterocycles. The fourth-order valence-corrected chi connectivity index (χ4v) is 2.59. The van der Waals surface area contributed by atoms with Gasteiger partial charge in [0, 0.05) is 5.02 Å². The number of quaternary nitrogens is 1. The Labute approximate surface area is 129 Å². The molecule has 1 N–H and O–H groups in total. The van der Waals surface area contributed by atoms with Crippen molar-refractivity contribution < 1.29 is 9.64 Å². The first-order valence-corrected chi connectivity index (χ1v) is 7.04. The maximum atomic E-state index is 6.04. The lowest BCUT2D eigenvalue weighted by Crippen LogP contribution is -3.12. The van der Waals surface area contributed by atoms with Crippen LogP contribution >= 0.6 is 34.8 Å². The van der Waals surface area contributed by atoms with Crippen molar-refractivity contribution in [2.75, 3.05) is 26.2 Å². The summed E-state index contributed by atoms with van der Waals surface area (Å²) >= 11 is 17.9. The molecule has 0 saturated carbocycles. The van der Waals surface area contributed by atoms with Gasteiger partial charge in [-0.3, -0.25) is 0 Å². The Morgan fingerprint density at radius 1 is 1.05 bits per heavy atom. The highest BCUT2D eigenvalue weighted by molar-refractivity contribution is 6.40. The minimum absolute atomic E-state index is 0.423. The molecule has 19 heavy (non-hydrogen) atoms. The topological polar surface area (TPSA) is 13.7 Å². The van der Waals surface area contributed by atoms with E-state index in [0.717, 1.165) is 19.6 Å². The lowest BCUT2D eigenvalue weighted by Gasteiger charge is -2.17. The quantitative estimate of drug-likeness (QED) is 0.726.